The van der Waals surface area contributed by atoms with Gasteiger partial charge in [0.1, 0.15) is 17.3 Å². The molecule has 2 rings (SSSR count). The topological polar surface area (TPSA) is 21.3 Å². The Labute approximate surface area is 133 Å². The van der Waals surface area contributed by atoms with Gasteiger partial charge in [-0.15, -0.1) is 0 Å². The molecule has 0 spiro atoms. The summed E-state index contributed by atoms with van der Waals surface area (Å²) in [5.74, 6) is 0.611. The third-order valence-electron chi connectivity index (χ3n) is 2.89. The van der Waals surface area contributed by atoms with Gasteiger partial charge in [-0.05, 0) is 43.3 Å². The maximum atomic E-state index is 13.1. The van der Waals surface area contributed by atoms with E-state index in [0.29, 0.717) is 23.1 Å². The van der Waals surface area contributed by atoms with Gasteiger partial charge in [0.25, 0.3) is 0 Å². The van der Waals surface area contributed by atoms with Crippen molar-refractivity contribution in [2.24, 2.45) is 0 Å². The number of halogens is 3. The van der Waals surface area contributed by atoms with Gasteiger partial charge < -0.3 is 10.1 Å². The first-order valence-corrected chi connectivity index (χ1v) is 7.47. The molecule has 0 aliphatic rings. The van der Waals surface area contributed by atoms with Crippen molar-refractivity contribution in [3.63, 3.8) is 0 Å². The zero-order valence-electron chi connectivity index (χ0n) is 11.6. The lowest BCUT2D eigenvalue weighted by Gasteiger charge is -2.13. The lowest BCUT2D eigenvalue weighted by molar-refractivity contribution is 0.471. The summed E-state index contributed by atoms with van der Waals surface area (Å²) in [6.45, 7) is 3.68. The van der Waals surface area contributed by atoms with Gasteiger partial charge >= 0.3 is 0 Å². The molecule has 112 valence electrons. The fraction of sp³-hybridized carbons (Fsp3) is 0.250. The zero-order chi connectivity index (χ0) is 15.2. The minimum absolute atomic E-state index is 0.224. The Morgan fingerprint density at radius 1 is 1.10 bits per heavy atom. The highest BCUT2D eigenvalue weighted by Crippen LogP contribution is 2.33. The summed E-state index contributed by atoms with van der Waals surface area (Å²) in [5, 5.41) is 4.10. The second-order valence-corrected chi connectivity index (χ2v) is 5.45. The molecule has 2 nitrogen and oxygen atoms in total. The minimum atomic E-state index is -0.400. The highest BCUT2D eigenvalue weighted by Gasteiger charge is 2.09. The van der Waals surface area contributed by atoms with E-state index in [1.54, 1.807) is 6.07 Å². The normalized spacial score (nSPS) is 10.7. The average Bonchev–Trinajstić information content (AvgIpc) is 2.44. The van der Waals surface area contributed by atoms with Gasteiger partial charge in [0.05, 0.1) is 5.02 Å². The number of ether oxygens (including phenoxy) is 1. The van der Waals surface area contributed by atoms with Gasteiger partial charge in [0.15, 0.2) is 0 Å². The van der Waals surface area contributed by atoms with E-state index in [1.165, 1.54) is 18.2 Å². The molecule has 5 heteroatoms. The maximum absolute atomic E-state index is 13.1. The highest BCUT2D eigenvalue weighted by atomic mass is 35.5. The van der Waals surface area contributed by atoms with E-state index in [4.69, 9.17) is 27.9 Å². The summed E-state index contributed by atoms with van der Waals surface area (Å²) < 4.78 is 18.8. The molecule has 21 heavy (non-hydrogen) atoms. The summed E-state index contributed by atoms with van der Waals surface area (Å²) in [5.41, 5.74) is 0.966. The molecule has 0 saturated carbocycles. The van der Waals surface area contributed by atoms with Crippen molar-refractivity contribution in [3.8, 4) is 11.5 Å². The highest BCUT2D eigenvalue weighted by molar-refractivity contribution is 6.32. The smallest absolute Gasteiger partial charge is 0.146 e. The van der Waals surface area contributed by atoms with E-state index in [2.05, 4.69) is 12.2 Å². The average molecular weight is 328 g/mol. The van der Waals surface area contributed by atoms with Crippen molar-refractivity contribution in [2.45, 2.75) is 19.9 Å². The zero-order valence-corrected chi connectivity index (χ0v) is 13.1. The number of rotatable bonds is 6. The van der Waals surface area contributed by atoms with E-state index in [1.807, 2.05) is 12.1 Å². The third-order valence-corrected chi connectivity index (χ3v) is 3.42. The largest absolute Gasteiger partial charge is 0.455 e. The molecule has 0 unspecified atom stereocenters. The number of hydrogen-bond acceptors (Lipinski definition) is 2. The van der Waals surface area contributed by atoms with Crippen molar-refractivity contribution < 1.29 is 9.13 Å². The van der Waals surface area contributed by atoms with Crippen LogP contribution in [-0.2, 0) is 6.54 Å². The Bertz CT molecular complexity index is 619. The molecule has 0 amide bonds. The molecule has 0 radical (unpaired) electrons. The van der Waals surface area contributed by atoms with Gasteiger partial charge in [-0.1, -0.05) is 36.2 Å². The van der Waals surface area contributed by atoms with E-state index in [0.717, 1.165) is 18.5 Å². The number of hydrogen-bond donors (Lipinski definition) is 1. The lowest BCUT2D eigenvalue weighted by Crippen LogP contribution is -2.14. The molecule has 0 heterocycles. The minimum Gasteiger partial charge on any atom is -0.455 e. The van der Waals surface area contributed by atoms with Crippen LogP contribution in [0.1, 0.15) is 18.9 Å². The predicted octanol–water partition coefficient (Wildman–Crippen LogP) is 5.42. The van der Waals surface area contributed by atoms with E-state index in [-0.39, 0.29) is 5.02 Å². The quantitative estimate of drug-likeness (QED) is 0.715. The number of benzene rings is 2. The Hall–Kier alpha value is -1.29. The summed E-state index contributed by atoms with van der Waals surface area (Å²) in [4.78, 5) is 0. The Balaban J connectivity index is 2.22. The first-order chi connectivity index (χ1) is 10.1. The summed E-state index contributed by atoms with van der Waals surface area (Å²) >= 11 is 12.0. The van der Waals surface area contributed by atoms with Crippen LogP contribution >= 0.6 is 23.2 Å². The van der Waals surface area contributed by atoms with Crippen molar-refractivity contribution >= 4 is 23.2 Å². The van der Waals surface area contributed by atoms with E-state index < -0.39 is 5.82 Å². The molecule has 0 fully saturated rings. The molecule has 0 saturated heterocycles. The number of nitrogens with one attached hydrogen (secondary N) is 1. The standard InChI is InChI=1S/C16H16Cl2FNO/c1-2-7-20-10-11-3-4-12(17)8-16(11)21-15-6-5-13(19)9-14(15)18/h3-6,8-9,20H,2,7,10H2,1H3. The van der Waals surface area contributed by atoms with Crippen LogP contribution in [0.3, 0.4) is 0 Å². The van der Waals surface area contributed by atoms with Crippen LogP contribution in [0.5, 0.6) is 11.5 Å². The van der Waals surface area contributed by atoms with Crippen LogP contribution in [-0.4, -0.2) is 6.54 Å². The molecule has 0 aliphatic carbocycles. The SMILES string of the molecule is CCCNCc1ccc(Cl)cc1Oc1ccc(F)cc1Cl. The molecule has 0 atom stereocenters. The maximum Gasteiger partial charge on any atom is 0.146 e. The van der Waals surface area contributed by atoms with Crippen LogP contribution in [0.15, 0.2) is 36.4 Å². The molecule has 1 N–H and O–H groups in total. The molecular formula is C16H16Cl2FNO. The van der Waals surface area contributed by atoms with Crippen LogP contribution < -0.4 is 10.1 Å². The van der Waals surface area contributed by atoms with Crippen LogP contribution in [0, 0.1) is 5.82 Å². The molecular weight excluding hydrogens is 312 g/mol. The second-order valence-electron chi connectivity index (χ2n) is 4.61. The van der Waals surface area contributed by atoms with Gasteiger partial charge in [-0.3, -0.25) is 0 Å². The second kappa shape index (κ2) is 7.64. The van der Waals surface area contributed by atoms with Crippen LogP contribution in [0.2, 0.25) is 10.0 Å². The molecule has 0 aliphatic heterocycles. The monoisotopic (exact) mass is 327 g/mol. The van der Waals surface area contributed by atoms with Crippen LogP contribution in [0.4, 0.5) is 4.39 Å². The van der Waals surface area contributed by atoms with Crippen molar-refractivity contribution in [1.82, 2.24) is 5.32 Å². The van der Waals surface area contributed by atoms with E-state index >= 15 is 0 Å². The molecule has 2 aromatic carbocycles. The van der Waals surface area contributed by atoms with E-state index in [9.17, 15) is 4.39 Å². The summed E-state index contributed by atoms with van der Waals surface area (Å²) in [6.07, 6.45) is 1.05. The third kappa shape index (κ3) is 4.60. The fourth-order valence-electron chi connectivity index (χ4n) is 1.85. The first kappa shape index (κ1) is 16.1. The van der Waals surface area contributed by atoms with Gasteiger partial charge in [-0.2, -0.15) is 0 Å². The first-order valence-electron chi connectivity index (χ1n) is 6.72. The fourth-order valence-corrected chi connectivity index (χ4v) is 2.21. The van der Waals surface area contributed by atoms with Crippen molar-refractivity contribution in [2.75, 3.05) is 6.54 Å². The van der Waals surface area contributed by atoms with Gasteiger partial charge in [0.2, 0.25) is 0 Å². The molecule has 2 aromatic rings. The summed E-state index contributed by atoms with van der Waals surface area (Å²) in [7, 11) is 0. The predicted molar refractivity (Wildman–Crippen MR) is 84.9 cm³/mol. The molecule has 0 bridgehead atoms. The van der Waals surface area contributed by atoms with Gasteiger partial charge in [0, 0.05) is 17.1 Å². The van der Waals surface area contributed by atoms with Crippen molar-refractivity contribution in [1.29, 1.82) is 0 Å². The van der Waals surface area contributed by atoms with Crippen LogP contribution in [0.25, 0.3) is 0 Å². The van der Waals surface area contributed by atoms with Crippen molar-refractivity contribution in [3.05, 3.63) is 57.8 Å². The Kier molecular flexibility index (Phi) is 5.85. The summed E-state index contributed by atoms with van der Waals surface area (Å²) in [6, 6.07) is 9.46. The Morgan fingerprint density at radius 3 is 2.62 bits per heavy atom. The molecule has 0 aromatic heterocycles. The Morgan fingerprint density at radius 2 is 1.90 bits per heavy atom. The lowest BCUT2D eigenvalue weighted by atomic mass is 10.2. The van der Waals surface area contributed by atoms with Gasteiger partial charge in [-0.25, -0.2) is 4.39 Å².